The number of halogens is 1. The number of hydrogen-bond acceptors (Lipinski definition) is 2. The Labute approximate surface area is 115 Å². The van der Waals surface area contributed by atoms with Crippen molar-refractivity contribution < 1.29 is 10.2 Å². The summed E-state index contributed by atoms with van der Waals surface area (Å²) in [7, 11) is 0. The third kappa shape index (κ3) is 2.00. The maximum atomic E-state index is 10.1. The van der Waals surface area contributed by atoms with E-state index in [-0.39, 0.29) is 16.5 Å². The molecule has 0 bridgehead atoms. The SMILES string of the molecule is Oc1ccc(-c2c(O)ccc3ccccc23)cc1Cl. The topological polar surface area (TPSA) is 40.5 Å². The van der Waals surface area contributed by atoms with E-state index >= 15 is 0 Å². The van der Waals surface area contributed by atoms with Gasteiger partial charge in [-0.25, -0.2) is 0 Å². The number of phenolic OH excluding ortho intramolecular Hbond substituents is 2. The van der Waals surface area contributed by atoms with Crippen LogP contribution < -0.4 is 0 Å². The highest BCUT2D eigenvalue weighted by Crippen LogP contribution is 2.38. The molecule has 2 nitrogen and oxygen atoms in total. The van der Waals surface area contributed by atoms with Crippen molar-refractivity contribution >= 4 is 22.4 Å². The summed E-state index contributed by atoms with van der Waals surface area (Å²) in [4.78, 5) is 0. The van der Waals surface area contributed by atoms with Crippen molar-refractivity contribution in [2.24, 2.45) is 0 Å². The lowest BCUT2D eigenvalue weighted by Gasteiger charge is -2.10. The summed E-state index contributed by atoms with van der Waals surface area (Å²) in [6.45, 7) is 0. The van der Waals surface area contributed by atoms with Crippen molar-refractivity contribution in [3.63, 3.8) is 0 Å². The molecule has 0 unspecified atom stereocenters. The van der Waals surface area contributed by atoms with Crippen LogP contribution in [-0.2, 0) is 0 Å². The molecule has 19 heavy (non-hydrogen) atoms. The molecule has 0 aliphatic rings. The van der Waals surface area contributed by atoms with Gasteiger partial charge in [0.05, 0.1) is 5.02 Å². The average Bonchev–Trinajstić information content (AvgIpc) is 2.42. The van der Waals surface area contributed by atoms with Crippen LogP contribution in [0, 0.1) is 0 Å². The molecule has 0 aliphatic carbocycles. The van der Waals surface area contributed by atoms with Crippen LogP contribution in [0.15, 0.2) is 54.6 Å². The zero-order valence-electron chi connectivity index (χ0n) is 9.97. The highest BCUT2D eigenvalue weighted by Gasteiger charge is 2.10. The third-order valence-electron chi connectivity index (χ3n) is 3.14. The van der Waals surface area contributed by atoms with Gasteiger partial charge in [-0.2, -0.15) is 0 Å². The molecule has 3 rings (SSSR count). The van der Waals surface area contributed by atoms with E-state index in [0.29, 0.717) is 0 Å². The molecule has 2 N–H and O–H groups in total. The molecular formula is C16H11ClO2. The van der Waals surface area contributed by atoms with E-state index in [9.17, 15) is 10.2 Å². The summed E-state index contributed by atoms with van der Waals surface area (Å²) in [5.41, 5.74) is 1.50. The van der Waals surface area contributed by atoms with Crippen LogP contribution in [0.25, 0.3) is 21.9 Å². The average molecular weight is 271 g/mol. The number of aromatic hydroxyl groups is 2. The van der Waals surface area contributed by atoms with E-state index in [0.717, 1.165) is 21.9 Å². The van der Waals surface area contributed by atoms with Gasteiger partial charge in [-0.1, -0.05) is 48.0 Å². The van der Waals surface area contributed by atoms with Gasteiger partial charge >= 0.3 is 0 Å². The second kappa shape index (κ2) is 4.48. The molecule has 3 aromatic carbocycles. The maximum Gasteiger partial charge on any atom is 0.134 e. The first-order valence-corrected chi connectivity index (χ1v) is 6.24. The third-order valence-corrected chi connectivity index (χ3v) is 3.45. The number of hydrogen-bond donors (Lipinski definition) is 2. The molecule has 0 aromatic heterocycles. The Morgan fingerprint density at radius 1 is 0.789 bits per heavy atom. The molecular weight excluding hydrogens is 260 g/mol. The van der Waals surface area contributed by atoms with Gasteiger partial charge in [0.2, 0.25) is 0 Å². The number of phenols is 2. The summed E-state index contributed by atoms with van der Waals surface area (Å²) in [6.07, 6.45) is 0. The molecule has 0 aliphatic heterocycles. The van der Waals surface area contributed by atoms with Gasteiger partial charge in [0.15, 0.2) is 0 Å². The van der Waals surface area contributed by atoms with Crippen LogP contribution in [0.1, 0.15) is 0 Å². The Kier molecular flexibility index (Phi) is 2.80. The van der Waals surface area contributed by atoms with E-state index in [1.54, 1.807) is 18.2 Å². The van der Waals surface area contributed by atoms with Crippen molar-refractivity contribution in [3.05, 3.63) is 59.6 Å². The van der Waals surface area contributed by atoms with Crippen molar-refractivity contribution in [1.29, 1.82) is 0 Å². The Morgan fingerprint density at radius 3 is 2.32 bits per heavy atom. The fraction of sp³-hybridized carbons (Fsp3) is 0. The first-order valence-electron chi connectivity index (χ1n) is 5.86. The predicted molar refractivity (Wildman–Crippen MR) is 77.7 cm³/mol. The van der Waals surface area contributed by atoms with E-state index < -0.39 is 0 Å². The molecule has 0 radical (unpaired) electrons. The summed E-state index contributed by atoms with van der Waals surface area (Å²) in [5.74, 6) is 0.227. The van der Waals surface area contributed by atoms with Crippen LogP contribution in [0.3, 0.4) is 0 Å². The van der Waals surface area contributed by atoms with Crippen LogP contribution >= 0.6 is 11.6 Å². The zero-order valence-corrected chi connectivity index (χ0v) is 10.7. The molecule has 0 fully saturated rings. The van der Waals surface area contributed by atoms with Gasteiger partial charge in [-0.05, 0) is 34.5 Å². The Balaban J connectivity index is 2.34. The van der Waals surface area contributed by atoms with Crippen molar-refractivity contribution in [2.75, 3.05) is 0 Å². The summed E-state index contributed by atoms with van der Waals surface area (Å²) < 4.78 is 0. The lowest BCUT2D eigenvalue weighted by Crippen LogP contribution is -1.83. The molecule has 3 heteroatoms. The Bertz CT molecular complexity index is 766. The van der Waals surface area contributed by atoms with E-state index in [4.69, 9.17) is 11.6 Å². The second-order valence-corrected chi connectivity index (χ2v) is 4.75. The Hall–Kier alpha value is -2.19. The predicted octanol–water partition coefficient (Wildman–Crippen LogP) is 4.57. The molecule has 0 amide bonds. The highest BCUT2D eigenvalue weighted by molar-refractivity contribution is 6.32. The minimum Gasteiger partial charge on any atom is -0.507 e. The smallest absolute Gasteiger partial charge is 0.134 e. The van der Waals surface area contributed by atoms with Gasteiger partial charge in [-0.3, -0.25) is 0 Å². The minimum atomic E-state index is 0.0325. The normalized spacial score (nSPS) is 10.8. The van der Waals surface area contributed by atoms with Gasteiger partial charge in [0.25, 0.3) is 0 Å². The minimum absolute atomic E-state index is 0.0325. The number of fused-ring (bicyclic) bond motifs is 1. The summed E-state index contributed by atoms with van der Waals surface area (Å²) >= 11 is 5.94. The van der Waals surface area contributed by atoms with Gasteiger partial charge in [0, 0.05) is 5.56 Å². The first-order chi connectivity index (χ1) is 9.16. The van der Waals surface area contributed by atoms with E-state index in [2.05, 4.69) is 0 Å². The second-order valence-electron chi connectivity index (χ2n) is 4.35. The standard InChI is InChI=1S/C16H11ClO2/c17-13-9-11(6-7-14(13)18)16-12-4-2-1-3-10(12)5-8-15(16)19/h1-9,18-19H. The van der Waals surface area contributed by atoms with Gasteiger partial charge < -0.3 is 10.2 Å². The van der Waals surface area contributed by atoms with Gasteiger partial charge in [-0.15, -0.1) is 0 Å². The van der Waals surface area contributed by atoms with Crippen molar-refractivity contribution in [2.45, 2.75) is 0 Å². The lowest BCUT2D eigenvalue weighted by molar-refractivity contribution is 0.474. The molecule has 0 spiro atoms. The van der Waals surface area contributed by atoms with Gasteiger partial charge in [0.1, 0.15) is 11.5 Å². The Morgan fingerprint density at radius 2 is 1.53 bits per heavy atom. The fourth-order valence-corrected chi connectivity index (χ4v) is 2.41. The van der Waals surface area contributed by atoms with Crippen molar-refractivity contribution in [3.8, 4) is 22.6 Å². The summed E-state index contributed by atoms with van der Waals surface area (Å²) in [5, 5.41) is 21.9. The molecule has 0 heterocycles. The maximum absolute atomic E-state index is 10.1. The van der Waals surface area contributed by atoms with E-state index in [1.165, 1.54) is 6.07 Å². The molecule has 0 saturated carbocycles. The lowest BCUT2D eigenvalue weighted by atomic mass is 9.97. The molecule has 0 saturated heterocycles. The number of benzene rings is 3. The molecule has 3 aromatic rings. The number of rotatable bonds is 1. The first kappa shape index (κ1) is 11.9. The van der Waals surface area contributed by atoms with Crippen molar-refractivity contribution in [1.82, 2.24) is 0 Å². The largest absolute Gasteiger partial charge is 0.507 e. The fourth-order valence-electron chi connectivity index (χ4n) is 2.23. The highest BCUT2D eigenvalue weighted by atomic mass is 35.5. The van der Waals surface area contributed by atoms with Crippen LogP contribution in [0.5, 0.6) is 11.5 Å². The zero-order chi connectivity index (χ0) is 13.4. The quantitative estimate of drug-likeness (QED) is 0.680. The van der Waals surface area contributed by atoms with E-state index in [1.807, 2.05) is 30.3 Å². The molecule has 0 atom stereocenters. The molecule has 94 valence electrons. The summed E-state index contributed by atoms with van der Waals surface area (Å²) in [6, 6.07) is 16.3. The monoisotopic (exact) mass is 270 g/mol. The van der Waals surface area contributed by atoms with Crippen LogP contribution in [0.4, 0.5) is 0 Å². The van der Waals surface area contributed by atoms with Crippen LogP contribution in [0.2, 0.25) is 5.02 Å². The van der Waals surface area contributed by atoms with Crippen LogP contribution in [-0.4, -0.2) is 10.2 Å².